The number of rotatable bonds is 4. The zero-order valence-electron chi connectivity index (χ0n) is 13.6. The van der Waals surface area contributed by atoms with Crippen LogP contribution < -0.4 is 0 Å². The van der Waals surface area contributed by atoms with E-state index in [1.54, 1.807) is 0 Å². The first-order chi connectivity index (χ1) is 10.0. The van der Waals surface area contributed by atoms with Gasteiger partial charge in [-0.2, -0.15) is 0 Å². The molecule has 118 valence electrons. The summed E-state index contributed by atoms with van der Waals surface area (Å²) in [5.74, 6) is -1.21. The summed E-state index contributed by atoms with van der Waals surface area (Å²) in [5, 5.41) is 0. The highest BCUT2D eigenvalue weighted by Gasteiger charge is 2.08. The van der Waals surface area contributed by atoms with E-state index in [1.807, 2.05) is 27.7 Å². The molecule has 0 radical (unpaired) electrons. The molecule has 0 amide bonds. The Labute approximate surface area is 126 Å². The van der Waals surface area contributed by atoms with E-state index < -0.39 is 18.7 Å². The van der Waals surface area contributed by atoms with Gasteiger partial charge in [-0.25, -0.2) is 4.79 Å². The van der Waals surface area contributed by atoms with Gasteiger partial charge in [-0.1, -0.05) is 39.8 Å². The van der Waals surface area contributed by atoms with E-state index in [1.165, 1.54) is 38.1 Å². The van der Waals surface area contributed by atoms with Crippen molar-refractivity contribution in [3.05, 3.63) is 35.4 Å². The molecular weight excluding hydrogens is 272 g/mol. The summed E-state index contributed by atoms with van der Waals surface area (Å²) in [5.41, 5.74) is 0.809. The monoisotopic (exact) mass is 296 g/mol. The predicted octanol–water partition coefficient (Wildman–Crippen LogP) is 3.62. The summed E-state index contributed by atoms with van der Waals surface area (Å²) in [7, 11) is 0. The van der Waals surface area contributed by atoms with Crippen LogP contribution in [0.25, 0.3) is 0 Å². The molecule has 0 unspecified atom stereocenters. The molecule has 0 fully saturated rings. The van der Waals surface area contributed by atoms with Crippen molar-refractivity contribution in [1.29, 1.82) is 0 Å². The maximum Gasteiger partial charge on any atom is 0.340 e. The molecule has 0 heterocycles. The minimum Gasteiger partial charge on any atom is -0.428 e. The van der Waals surface area contributed by atoms with Gasteiger partial charge in [0.2, 0.25) is 6.79 Å². The third kappa shape index (κ3) is 9.38. The number of carbonyl (C=O) groups excluding carboxylic acids is 3. The van der Waals surface area contributed by atoms with Crippen LogP contribution in [0.5, 0.6) is 0 Å². The Morgan fingerprint density at radius 2 is 1.24 bits per heavy atom. The van der Waals surface area contributed by atoms with Crippen molar-refractivity contribution >= 4 is 17.7 Å². The molecule has 0 aliphatic rings. The lowest BCUT2D eigenvalue weighted by Gasteiger charge is -2.04. The third-order valence-corrected chi connectivity index (χ3v) is 1.98. The lowest BCUT2D eigenvalue weighted by Crippen LogP contribution is -2.11. The van der Waals surface area contributed by atoms with Gasteiger partial charge in [0.1, 0.15) is 0 Å². The fourth-order valence-electron chi connectivity index (χ4n) is 1.09. The van der Waals surface area contributed by atoms with Crippen molar-refractivity contribution < 1.29 is 23.9 Å². The van der Waals surface area contributed by atoms with Gasteiger partial charge in [-0.3, -0.25) is 9.59 Å². The Hall–Kier alpha value is -2.17. The third-order valence-electron chi connectivity index (χ3n) is 1.98. The normalized spacial score (nSPS) is 8.29. The van der Waals surface area contributed by atoms with Crippen LogP contribution in [0.4, 0.5) is 0 Å². The number of hydrogen-bond donors (Lipinski definition) is 0. The van der Waals surface area contributed by atoms with Crippen LogP contribution in [0.2, 0.25) is 0 Å². The van der Waals surface area contributed by atoms with Crippen LogP contribution in [0.3, 0.4) is 0 Å². The number of esters is 2. The van der Waals surface area contributed by atoms with Crippen LogP contribution in [0, 0.1) is 0 Å². The maximum atomic E-state index is 11.4. The highest BCUT2D eigenvalue weighted by atomic mass is 16.7. The van der Waals surface area contributed by atoms with Crippen molar-refractivity contribution in [1.82, 2.24) is 0 Å². The van der Waals surface area contributed by atoms with Crippen molar-refractivity contribution in [2.45, 2.75) is 41.5 Å². The van der Waals surface area contributed by atoms with E-state index in [0.29, 0.717) is 11.1 Å². The Morgan fingerprint density at radius 1 is 0.810 bits per heavy atom. The molecule has 0 aliphatic carbocycles. The Bertz CT molecular complexity index is 434. The highest BCUT2D eigenvalue weighted by molar-refractivity contribution is 5.96. The van der Waals surface area contributed by atoms with E-state index in [9.17, 15) is 14.4 Å². The van der Waals surface area contributed by atoms with E-state index in [2.05, 4.69) is 9.47 Å². The minimum absolute atomic E-state index is 0.0789. The van der Waals surface area contributed by atoms with Crippen LogP contribution in [-0.4, -0.2) is 24.5 Å². The molecule has 5 heteroatoms. The first-order valence-electron chi connectivity index (χ1n) is 6.92. The maximum absolute atomic E-state index is 11.4. The second-order valence-corrected chi connectivity index (χ2v) is 3.32. The number of hydrogen-bond acceptors (Lipinski definition) is 5. The summed E-state index contributed by atoms with van der Waals surface area (Å²) < 4.78 is 9.13. The van der Waals surface area contributed by atoms with Crippen LogP contribution in [-0.2, 0) is 14.3 Å². The standard InChI is InChI=1S/C12H12O5.2C2H6/c1-8(13)10-3-5-11(6-4-10)12(15)17-7-16-9(2)14;2*1-2/h3-6H,7H2,1-2H3;2*1-2H3. The predicted molar refractivity (Wildman–Crippen MR) is 81.2 cm³/mol. The molecule has 1 rings (SSSR count). The van der Waals surface area contributed by atoms with Crippen LogP contribution in [0.1, 0.15) is 62.3 Å². The summed E-state index contributed by atoms with van der Waals surface area (Å²) in [4.78, 5) is 32.8. The summed E-state index contributed by atoms with van der Waals surface area (Å²) in [6.07, 6.45) is 0. The summed E-state index contributed by atoms with van der Waals surface area (Å²) >= 11 is 0. The van der Waals surface area contributed by atoms with Crippen molar-refractivity contribution in [2.75, 3.05) is 6.79 Å². The average molecular weight is 296 g/mol. The van der Waals surface area contributed by atoms with Gasteiger partial charge in [0, 0.05) is 12.5 Å². The molecule has 21 heavy (non-hydrogen) atoms. The quantitative estimate of drug-likeness (QED) is 0.482. The van der Waals surface area contributed by atoms with E-state index >= 15 is 0 Å². The van der Waals surface area contributed by atoms with Crippen molar-refractivity contribution in [3.63, 3.8) is 0 Å². The molecule has 0 aliphatic heterocycles. The van der Waals surface area contributed by atoms with E-state index in [-0.39, 0.29) is 5.78 Å². The molecule has 0 saturated carbocycles. The van der Waals surface area contributed by atoms with Gasteiger partial charge in [0.25, 0.3) is 0 Å². The largest absolute Gasteiger partial charge is 0.428 e. The number of ether oxygens (including phenoxy) is 2. The lowest BCUT2D eigenvalue weighted by molar-refractivity contribution is -0.149. The number of benzene rings is 1. The van der Waals surface area contributed by atoms with E-state index in [0.717, 1.165) is 0 Å². The zero-order chi connectivity index (χ0) is 16.8. The molecule has 0 bridgehead atoms. The number of ketones is 1. The average Bonchev–Trinajstić information content (AvgIpc) is 2.51. The van der Waals surface area contributed by atoms with Crippen molar-refractivity contribution in [2.24, 2.45) is 0 Å². The molecule has 1 aromatic rings. The first kappa shape index (κ1) is 21.1. The molecule has 5 nitrogen and oxygen atoms in total. The van der Waals surface area contributed by atoms with Gasteiger partial charge >= 0.3 is 11.9 Å². The van der Waals surface area contributed by atoms with Crippen LogP contribution >= 0.6 is 0 Å². The first-order valence-corrected chi connectivity index (χ1v) is 6.92. The van der Waals surface area contributed by atoms with Gasteiger partial charge in [0.05, 0.1) is 5.56 Å². The fraction of sp³-hybridized carbons (Fsp3) is 0.438. The molecule has 0 N–H and O–H groups in total. The topological polar surface area (TPSA) is 69.7 Å². The molecular formula is C16H24O5. The Balaban J connectivity index is 0. The molecule has 1 aromatic carbocycles. The summed E-state index contributed by atoms with van der Waals surface area (Å²) in [6.45, 7) is 10.2. The highest BCUT2D eigenvalue weighted by Crippen LogP contribution is 2.06. The number of Topliss-reactive ketones (excluding diaryl/α,β-unsaturated/α-hetero) is 1. The van der Waals surface area contributed by atoms with E-state index in [4.69, 9.17) is 0 Å². The molecule has 0 aromatic heterocycles. The SMILES string of the molecule is CC.CC.CC(=O)OCOC(=O)c1ccc(C(C)=O)cc1. The van der Waals surface area contributed by atoms with Crippen molar-refractivity contribution in [3.8, 4) is 0 Å². The second kappa shape index (κ2) is 12.8. The van der Waals surface area contributed by atoms with Gasteiger partial charge < -0.3 is 9.47 Å². The molecule has 0 spiro atoms. The summed E-state index contributed by atoms with van der Waals surface area (Å²) in [6, 6.07) is 6.02. The van der Waals surface area contributed by atoms with Crippen LogP contribution in [0.15, 0.2) is 24.3 Å². The smallest absolute Gasteiger partial charge is 0.340 e. The second-order valence-electron chi connectivity index (χ2n) is 3.32. The molecule has 0 saturated heterocycles. The zero-order valence-corrected chi connectivity index (χ0v) is 13.6. The van der Waals surface area contributed by atoms with Gasteiger partial charge in [-0.05, 0) is 19.1 Å². The fourth-order valence-corrected chi connectivity index (χ4v) is 1.09. The number of carbonyl (C=O) groups is 3. The lowest BCUT2D eigenvalue weighted by atomic mass is 10.1. The van der Waals surface area contributed by atoms with Gasteiger partial charge in [0.15, 0.2) is 5.78 Å². The molecule has 0 atom stereocenters. The Morgan fingerprint density at radius 3 is 1.62 bits per heavy atom. The minimum atomic E-state index is -0.610. The van der Waals surface area contributed by atoms with Gasteiger partial charge in [-0.15, -0.1) is 0 Å². The Kier molecular flexibility index (Phi) is 12.9.